The van der Waals surface area contributed by atoms with Crippen molar-refractivity contribution in [3.05, 3.63) is 66.0 Å². The molecule has 43 heavy (non-hydrogen) atoms. The van der Waals surface area contributed by atoms with E-state index in [2.05, 4.69) is 19.9 Å². The van der Waals surface area contributed by atoms with E-state index in [0.717, 1.165) is 42.0 Å². The van der Waals surface area contributed by atoms with Crippen molar-refractivity contribution >= 4 is 17.2 Å². The fraction of sp³-hybridized carbons (Fsp3) is 0.419. The van der Waals surface area contributed by atoms with Crippen LogP contribution in [0.15, 0.2) is 49.1 Å². The molecule has 3 aliphatic rings. The summed E-state index contributed by atoms with van der Waals surface area (Å²) >= 11 is 0. The first kappa shape index (κ1) is 28.8. The molecule has 2 unspecified atom stereocenters. The predicted octanol–water partition coefficient (Wildman–Crippen LogP) is 3.25. The van der Waals surface area contributed by atoms with Gasteiger partial charge in [0.1, 0.15) is 18.2 Å². The smallest absolute Gasteiger partial charge is 0.257 e. The average molecular weight is 590 g/mol. The number of methoxy groups -OCH3 is 1. The molecule has 11 nitrogen and oxygen atoms in total. The highest BCUT2D eigenvalue weighted by atomic mass is 19.1. The summed E-state index contributed by atoms with van der Waals surface area (Å²) in [5.41, 5.74) is 2.51. The first-order chi connectivity index (χ1) is 20.5. The summed E-state index contributed by atoms with van der Waals surface area (Å²) in [6.07, 6.45) is 7.85. The molecule has 7 rings (SSSR count). The Labute approximate surface area is 249 Å². The number of anilines is 1. The van der Waals surface area contributed by atoms with Gasteiger partial charge >= 0.3 is 0 Å². The SMILES string of the molecule is COc1ncc(CN2C3CC2CN(c2ccc(-c4cc(OCC(C)(C)O)cn5ncc(C(=O)N(C)C)c45)cn2)C3)cc1F. The number of fused-ring (bicyclic) bond motifs is 3. The van der Waals surface area contributed by atoms with Gasteiger partial charge in [-0.15, -0.1) is 0 Å². The van der Waals surface area contributed by atoms with Gasteiger partial charge in [0.2, 0.25) is 5.88 Å². The van der Waals surface area contributed by atoms with Gasteiger partial charge in [0.15, 0.2) is 5.82 Å². The number of hydrogen-bond acceptors (Lipinski definition) is 9. The van der Waals surface area contributed by atoms with E-state index in [1.54, 1.807) is 51.0 Å². The fourth-order valence-electron chi connectivity index (χ4n) is 5.83. The minimum atomic E-state index is -1.01. The molecule has 226 valence electrons. The minimum Gasteiger partial charge on any atom is -0.489 e. The van der Waals surface area contributed by atoms with E-state index >= 15 is 0 Å². The van der Waals surface area contributed by atoms with Crippen molar-refractivity contribution in [2.45, 2.75) is 44.5 Å². The highest BCUT2D eigenvalue weighted by Crippen LogP contribution is 2.37. The van der Waals surface area contributed by atoms with Gasteiger partial charge in [0.25, 0.3) is 5.91 Å². The van der Waals surface area contributed by atoms with Crippen LogP contribution in [0.4, 0.5) is 10.2 Å². The molecule has 2 atom stereocenters. The maximum atomic E-state index is 14.2. The summed E-state index contributed by atoms with van der Waals surface area (Å²) in [6.45, 7) is 5.74. The third-order valence-electron chi connectivity index (χ3n) is 7.97. The number of piperidine rings is 1. The van der Waals surface area contributed by atoms with Crippen LogP contribution in [0.3, 0.4) is 0 Å². The number of aromatic nitrogens is 4. The maximum absolute atomic E-state index is 14.2. The quantitative estimate of drug-likeness (QED) is 0.315. The Bertz CT molecular complexity index is 1640. The van der Waals surface area contributed by atoms with E-state index in [0.29, 0.717) is 35.5 Å². The monoisotopic (exact) mass is 589 g/mol. The third-order valence-corrected chi connectivity index (χ3v) is 7.97. The molecular weight excluding hydrogens is 553 g/mol. The molecule has 7 heterocycles. The molecule has 3 aliphatic heterocycles. The van der Waals surface area contributed by atoms with Crippen LogP contribution < -0.4 is 14.4 Å². The molecule has 4 aromatic heterocycles. The van der Waals surface area contributed by atoms with Crippen LogP contribution in [0, 0.1) is 5.82 Å². The van der Waals surface area contributed by atoms with Gasteiger partial charge in [-0.2, -0.15) is 5.10 Å². The van der Waals surface area contributed by atoms with Gasteiger partial charge in [-0.1, -0.05) is 0 Å². The minimum absolute atomic E-state index is 0.0103. The summed E-state index contributed by atoms with van der Waals surface area (Å²) in [4.78, 5) is 28.1. The van der Waals surface area contributed by atoms with Gasteiger partial charge in [-0.3, -0.25) is 9.69 Å². The van der Waals surface area contributed by atoms with Crippen LogP contribution in [-0.2, 0) is 6.54 Å². The lowest BCUT2D eigenvalue weighted by Crippen LogP contribution is -2.68. The zero-order valence-electron chi connectivity index (χ0n) is 25.0. The topological polar surface area (TPSA) is 109 Å². The zero-order valence-corrected chi connectivity index (χ0v) is 25.0. The van der Waals surface area contributed by atoms with Gasteiger partial charge < -0.3 is 24.4 Å². The standard InChI is InChI=1S/C31H36FN7O4/c1-31(2,41)18-43-23-10-24(28-25(30(40)36(3)4)13-35-39(28)17-23)20-6-7-27(33-12-20)37-15-21-9-22(16-37)38(21)14-19-8-26(32)29(42-5)34-11-19/h6-8,10-13,17,21-22,41H,9,14-16,18H2,1-5H3. The highest BCUT2D eigenvalue weighted by molar-refractivity contribution is 6.04. The molecule has 2 bridgehead atoms. The molecule has 0 saturated carbocycles. The van der Waals surface area contributed by atoms with E-state index in [-0.39, 0.29) is 18.4 Å². The largest absolute Gasteiger partial charge is 0.489 e. The lowest BCUT2D eigenvalue weighted by molar-refractivity contribution is -0.00884. The number of carbonyl (C=O) groups excluding carboxylic acids is 1. The number of hydrogen-bond donors (Lipinski definition) is 1. The number of piperazine rings is 1. The number of aliphatic hydroxyl groups is 1. The number of halogens is 1. The van der Waals surface area contributed by atoms with Crippen molar-refractivity contribution in [1.82, 2.24) is 29.4 Å². The van der Waals surface area contributed by atoms with E-state index in [1.165, 1.54) is 18.1 Å². The van der Waals surface area contributed by atoms with Gasteiger partial charge in [-0.05, 0) is 50.1 Å². The molecule has 0 spiro atoms. The van der Waals surface area contributed by atoms with Crippen LogP contribution >= 0.6 is 0 Å². The molecule has 0 radical (unpaired) electrons. The van der Waals surface area contributed by atoms with Crippen LogP contribution in [0.25, 0.3) is 16.6 Å². The first-order valence-corrected chi connectivity index (χ1v) is 14.2. The van der Waals surface area contributed by atoms with Crippen molar-refractivity contribution in [2.24, 2.45) is 0 Å². The second-order valence-electron chi connectivity index (χ2n) is 12.1. The lowest BCUT2D eigenvalue weighted by Gasteiger charge is -2.56. The Morgan fingerprint density at radius 3 is 2.53 bits per heavy atom. The number of amides is 1. The second-order valence-corrected chi connectivity index (χ2v) is 12.1. The molecule has 4 aromatic rings. The fourth-order valence-corrected chi connectivity index (χ4v) is 5.83. The summed E-state index contributed by atoms with van der Waals surface area (Å²) in [7, 11) is 4.82. The van der Waals surface area contributed by atoms with Crippen LogP contribution in [-0.4, -0.2) is 99.0 Å². The van der Waals surface area contributed by atoms with Crippen molar-refractivity contribution in [3.8, 4) is 22.8 Å². The normalized spacial score (nSPS) is 18.4. The molecule has 0 aliphatic carbocycles. The highest BCUT2D eigenvalue weighted by Gasteiger charge is 2.44. The van der Waals surface area contributed by atoms with E-state index in [9.17, 15) is 14.3 Å². The second kappa shape index (κ2) is 11.1. The maximum Gasteiger partial charge on any atom is 0.257 e. The Balaban J connectivity index is 1.22. The average Bonchev–Trinajstić information content (AvgIpc) is 3.42. The molecule has 0 aromatic carbocycles. The summed E-state index contributed by atoms with van der Waals surface area (Å²) in [5.74, 6) is 0.798. The lowest BCUT2D eigenvalue weighted by atomic mass is 9.87. The van der Waals surface area contributed by atoms with Crippen molar-refractivity contribution < 1.29 is 23.8 Å². The third kappa shape index (κ3) is 5.72. The molecule has 1 amide bonds. The van der Waals surface area contributed by atoms with Gasteiger partial charge in [-0.25, -0.2) is 18.9 Å². The Hall–Kier alpha value is -4.29. The number of carbonyl (C=O) groups is 1. The van der Waals surface area contributed by atoms with Crippen molar-refractivity contribution in [1.29, 1.82) is 0 Å². The van der Waals surface area contributed by atoms with Crippen LogP contribution in [0.1, 0.15) is 36.2 Å². The van der Waals surface area contributed by atoms with E-state index in [1.807, 2.05) is 24.4 Å². The number of ether oxygens (including phenoxy) is 2. The number of rotatable bonds is 9. The van der Waals surface area contributed by atoms with E-state index in [4.69, 9.17) is 14.5 Å². The van der Waals surface area contributed by atoms with Gasteiger partial charge in [0, 0.05) is 69.3 Å². The zero-order chi connectivity index (χ0) is 30.5. The van der Waals surface area contributed by atoms with Gasteiger partial charge in [0.05, 0.1) is 36.2 Å². The Morgan fingerprint density at radius 2 is 1.91 bits per heavy atom. The first-order valence-electron chi connectivity index (χ1n) is 14.2. The van der Waals surface area contributed by atoms with Crippen LogP contribution in [0.5, 0.6) is 11.6 Å². The summed E-state index contributed by atoms with van der Waals surface area (Å²) in [6, 6.07) is 8.05. The Kier molecular flexibility index (Phi) is 7.43. The molecule has 3 fully saturated rings. The molecule has 12 heteroatoms. The van der Waals surface area contributed by atoms with Crippen molar-refractivity contribution in [2.75, 3.05) is 45.8 Å². The predicted molar refractivity (Wildman–Crippen MR) is 159 cm³/mol. The Morgan fingerprint density at radius 1 is 1.14 bits per heavy atom. The molecular formula is C31H36FN7O4. The van der Waals surface area contributed by atoms with Crippen molar-refractivity contribution in [3.63, 3.8) is 0 Å². The van der Waals surface area contributed by atoms with E-state index < -0.39 is 11.4 Å². The summed E-state index contributed by atoms with van der Waals surface area (Å²) in [5, 5.41) is 14.6. The number of pyridine rings is 3. The van der Waals surface area contributed by atoms with Crippen LogP contribution in [0.2, 0.25) is 0 Å². The number of nitrogens with zero attached hydrogens (tertiary/aromatic N) is 7. The molecule has 3 saturated heterocycles. The summed E-state index contributed by atoms with van der Waals surface area (Å²) < 4.78 is 26.6. The molecule has 1 N–H and O–H groups in total.